The lowest BCUT2D eigenvalue weighted by Crippen LogP contribution is -2.26. The van der Waals surface area contributed by atoms with Crippen LogP contribution in [-0.2, 0) is 13.1 Å². The van der Waals surface area contributed by atoms with Crippen LogP contribution >= 0.6 is 0 Å². The van der Waals surface area contributed by atoms with E-state index in [2.05, 4.69) is 25.9 Å². The number of benzene rings is 1. The molecule has 114 valence electrons. The summed E-state index contributed by atoms with van der Waals surface area (Å²) in [6.45, 7) is 3.69. The minimum absolute atomic E-state index is 0.761. The first-order valence-corrected chi connectivity index (χ1v) is 7.37. The van der Waals surface area contributed by atoms with Crippen molar-refractivity contribution in [2.24, 2.45) is 10.2 Å². The van der Waals surface area contributed by atoms with Crippen molar-refractivity contribution in [3.63, 3.8) is 0 Å². The molecule has 22 heavy (non-hydrogen) atoms. The molecule has 1 aromatic heterocycles. The number of rotatable bonds is 4. The van der Waals surface area contributed by atoms with Crippen molar-refractivity contribution in [2.75, 3.05) is 7.11 Å². The van der Waals surface area contributed by atoms with Crippen LogP contribution in [0.15, 0.2) is 40.5 Å². The average Bonchev–Trinajstić information content (AvgIpc) is 2.93. The number of ether oxygens (including phenoxy) is 1. The van der Waals surface area contributed by atoms with Crippen LogP contribution in [0.25, 0.3) is 6.08 Å². The van der Waals surface area contributed by atoms with Crippen LogP contribution in [0.4, 0.5) is 0 Å². The SMILES string of the molecule is CCn1nc2n(/c1=N/N=C/c1ccccc1OC)CCC=C2. The number of hydrogen-bond donors (Lipinski definition) is 0. The molecule has 0 bridgehead atoms. The lowest BCUT2D eigenvalue weighted by molar-refractivity contribution is 0.414. The highest BCUT2D eigenvalue weighted by atomic mass is 16.5. The van der Waals surface area contributed by atoms with Gasteiger partial charge >= 0.3 is 0 Å². The summed E-state index contributed by atoms with van der Waals surface area (Å²) < 4.78 is 9.26. The minimum Gasteiger partial charge on any atom is -0.496 e. The zero-order chi connectivity index (χ0) is 15.4. The van der Waals surface area contributed by atoms with Crippen molar-refractivity contribution in [2.45, 2.75) is 26.4 Å². The molecule has 0 atom stereocenters. The number of aromatic nitrogens is 3. The summed E-state index contributed by atoms with van der Waals surface area (Å²) in [4.78, 5) is 0. The van der Waals surface area contributed by atoms with Crippen LogP contribution in [-0.4, -0.2) is 27.7 Å². The van der Waals surface area contributed by atoms with Gasteiger partial charge in [0.05, 0.1) is 13.3 Å². The number of fused-ring (bicyclic) bond motifs is 1. The van der Waals surface area contributed by atoms with Crippen LogP contribution in [0.1, 0.15) is 24.7 Å². The van der Waals surface area contributed by atoms with E-state index < -0.39 is 0 Å². The number of hydrogen-bond acceptors (Lipinski definition) is 4. The fourth-order valence-corrected chi connectivity index (χ4v) is 2.43. The van der Waals surface area contributed by atoms with Crippen LogP contribution in [0.2, 0.25) is 0 Å². The van der Waals surface area contributed by atoms with Crippen LogP contribution in [0, 0.1) is 0 Å². The number of para-hydroxylation sites is 1. The van der Waals surface area contributed by atoms with Gasteiger partial charge in [0.15, 0.2) is 5.82 Å². The number of aryl methyl sites for hydroxylation is 1. The standard InChI is InChI=1S/C16H19N5O/c1-3-21-16(20-11-7-6-10-15(20)19-21)18-17-12-13-8-4-5-9-14(13)22-2/h4-6,8-10,12H,3,7,11H2,1-2H3/b17-12+,18-16-. The topological polar surface area (TPSA) is 56.7 Å². The largest absolute Gasteiger partial charge is 0.496 e. The molecule has 2 heterocycles. The number of nitrogens with zero attached hydrogens (tertiary/aromatic N) is 5. The Hall–Kier alpha value is -2.63. The first-order valence-electron chi connectivity index (χ1n) is 7.37. The van der Waals surface area contributed by atoms with Gasteiger partial charge in [0.1, 0.15) is 5.75 Å². The van der Waals surface area contributed by atoms with E-state index in [9.17, 15) is 0 Å². The van der Waals surface area contributed by atoms with Gasteiger partial charge in [-0.05, 0) is 31.6 Å². The predicted octanol–water partition coefficient (Wildman–Crippen LogP) is 2.06. The van der Waals surface area contributed by atoms with E-state index in [1.807, 2.05) is 41.9 Å². The number of methoxy groups -OCH3 is 1. The molecule has 1 aliphatic heterocycles. The molecular formula is C16H19N5O. The van der Waals surface area contributed by atoms with Gasteiger partial charge in [-0.25, -0.2) is 4.68 Å². The maximum Gasteiger partial charge on any atom is 0.247 e. The van der Waals surface area contributed by atoms with Crippen molar-refractivity contribution >= 4 is 12.3 Å². The third kappa shape index (κ3) is 2.72. The molecule has 1 aromatic carbocycles. The Labute approximate surface area is 129 Å². The molecule has 0 aliphatic carbocycles. The second-order valence-electron chi connectivity index (χ2n) is 4.90. The van der Waals surface area contributed by atoms with Crippen molar-refractivity contribution in [3.05, 3.63) is 47.3 Å². The van der Waals surface area contributed by atoms with Gasteiger partial charge in [-0.15, -0.1) is 5.10 Å². The average molecular weight is 297 g/mol. The summed E-state index contributed by atoms with van der Waals surface area (Å²) in [7, 11) is 1.65. The molecule has 0 unspecified atom stereocenters. The van der Waals surface area contributed by atoms with E-state index in [-0.39, 0.29) is 0 Å². The third-order valence-corrected chi connectivity index (χ3v) is 3.54. The molecular weight excluding hydrogens is 278 g/mol. The Kier molecular flexibility index (Phi) is 4.18. The first-order chi connectivity index (χ1) is 10.8. The van der Waals surface area contributed by atoms with Gasteiger partial charge in [-0.2, -0.15) is 10.2 Å². The summed E-state index contributed by atoms with van der Waals surface area (Å²) in [5, 5.41) is 13.1. The maximum absolute atomic E-state index is 5.30. The summed E-state index contributed by atoms with van der Waals surface area (Å²) in [6, 6.07) is 7.72. The van der Waals surface area contributed by atoms with Gasteiger partial charge in [-0.3, -0.25) is 4.57 Å². The van der Waals surface area contributed by atoms with Crippen molar-refractivity contribution in [1.29, 1.82) is 0 Å². The van der Waals surface area contributed by atoms with Gasteiger partial charge < -0.3 is 4.74 Å². The molecule has 3 rings (SSSR count). The van der Waals surface area contributed by atoms with Gasteiger partial charge in [0.2, 0.25) is 5.62 Å². The minimum atomic E-state index is 0.761. The van der Waals surface area contributed by atoms with Gasteiger partial charge in [-0.1, -0.05) is 18.2 Å². The van der Waals surface area contributed by atoms with Crippen molar-refractivity contribution < 1.29 is 4.74 Å². The van der Waals surface area contributed by atoms with E-state index in [4.69, 9.17) is 4.74 Å². The third-order valence-electron chi connectivity index (χ3n) is 3.54. The zero-order valence-electron chi connectivity index (χ0n) is 12.8. The van der Waals surface area contributed by atoms with Crippen molar-refractivity contribution in [3.8, 4) is 5.75 Å². The highest BCUT2D eigenvalue weighted by Gasteiger charge is 2.10. The molecule has 0 radical (unpaired) electrons. The van der Waals surface area contributed by atoms with Gasteiger partial charge in [0, 0.05) is 18.7 Å². The molecule has 0 saturated carbocycles. The summed E-state index contributed by atoms with van der Waals surface area (Å²) in [6.07, 6.45) is 6.85. The Morgan fingerprint density at radius 3 is 3.05 bits per heavy atom. The summed E-state index contributed by atoms with van der Waals surface area (Å²) >= 11 is 0. The quantitative estimate of drug-likeness (QED) is 0.641. The molecule has 6 heteroatoms. The van der Waals surface area contributed by atoms with Crippen LogP contribution in [0.3, 0.4) is 0 Å². The monoisotopic (exact) mass is 297 g/mol. The van der Waals surface area contributed by atoms with E-state index in [0.29, 0.717) is 0 Å². The Bertz CT molecular complexity index is 782. The smallest absolute Gasteiger partial charge is 0.247 e. The van der Waals surface area contributed by atoms with Gasteiger partial charge in [0.25, 0.3) is 0 Å². The molecule has 2 aromatic rings. The van der Waals surface area contributed by atoms with E-state index in [0.717, 1.165) is 42.3 Å². The lowest BCUT2D eigenvalue weighted by atomic mass is 10.2. The molecule has 1 aliphatic rings. The first kappa shape index (κ1) is 14.3. The Balaban J connectivity index is 1.97. The van der Waals surface area contributed by atoms with E-state index >= 15 is 0 Å². The highest BCUT2D eigenvalue weighted by molar-refractivity contribution is 5.83. The normalized spacial score (nSPS) is 14.5. The predicted molar refractivity (Wildman–Crippen MR) is 85.7 cm³/mol. The summed E-state index contributed by atoms with van der Waals surface area (Å²) in [5.74, 6) is 1.71. The Morgan fingerprint density at radius 1 is 1.36 bits per heavy atom. The molecule has 0 fully saturated rings. The zero-order valence-corrected chi connectivity index (χ0v) is 12.8. The molecule has 0 N–H and O–H groups in total. The number of allylic oxidation sites excluding steroid dienone is 1. The lowest BCUT2D eigenvalue weighted by Gasteiger charge is -2.05. The maximum atomic E-state index is 5.30. The van der Waals surface area contributed by atoms with Crippen LogP contribution < -0.4 is 10.4 Å². The van der Waals surface area contributed by atoms with E-state index in [1.54, 1.807) is 13.3 Å². The fourth-order valence-electron chi connectivity index (χ4n) is 2.43. The van der Waals surface area contributed by atoms with Crippen LogP contribution in [0.5, 0.6) is 5.75 Å². The molecule has 0 spiro atoms. The Morgan fingerprint density at radius 2 is 2.23 bits per heavy atom. The fraction of sp³-hybridized carbons (Fsp3) is 0.312. The highest BCUT2D eigenvalue weighted by Crippen LogP contribution is 2.14. The van der Waals surface area contributed by atoms with E-state index in [1.165, 1.54) is 0 Å². The molecule has 6 nitrogen and oxygen atoms in total. The summed E-state index contributed by atoms with van der Waals surface area (Å²) in [5.41, 5.74) is 1.67. The second kappa shape index (κ2) is 6.43. The van der Waals surface area contributed by atoms with Crippen molar-refractivity contribution in [1.82, 2.24) is 14.3 Å². The molecule has 0 saturated heterocycles. The molecule has 0 amide bonds. The second-order valence-corrected chi connectivity index (χ2v) is 4.90.